The molecule has 4 aromatic rings. The summed E-state index contributed by atoms with van der Waals surface area (Å²) in [7, 11) is 0. The Labute approximate surface area is 136 Å². The molecule has 0 atom stereocenters. The molecular weight excluding hydrogens is 311 g/mol. The highest BCUT2D eigenvalue weighted by Crippen LogP contribution is 2.26. The molecule has 0 aliphatic carbocycles. The number of hydrogen-bond acceptors (Lipinski definition) is 5. The van der Waals surface area contributed by atoms with E-state index in [0.29, 0.717) is 23.2 Å². The van der Waals surface area contributed by atoms with E-state index in [-0.39, 0.29) is 5.82 Å². The second-order valence-electron chi connectivity index (χ2n) is 5.02. The van der Waals surface area contributed by atoms with Gasteiger partial charge < -0.3 is 13.7 Å². The van der Waals surface area contributed by atoms with Crippen molar-refractivity contribution in [2.24, 2.45) is 0 Å². The minimum atomic E-state index is -0.303. The van der Waals surface area contributed by atoms with Gasteiger partial charge >= 0.3 is 0 Å². The predicted molar refractivity (Wildman–Crippen MR) is 83.9 cm³/mol. The van der Waals surface area contributed by atoms with Crippen LogP contribution in [0, 0.1) is 5.82 Å². The molecule has 5 nitrogen and oxygen atoms in total. The number of rotatable bonds is 4. The molecule has 0 amide bonds. The first kappa shape index (κ1) is 14.2. The van der Waals surface area contributed by atoms with Gasteiger partial charge in [-0.3, -0.25) is 0 Å². The van der Waals surface area contributed by atoms with Crippen molar-refractivity contribution in [3.63, 3.8) is 0 Å². The molecule has 2 heterocycles. The molecule has 2 aromatic heterocycles. The van der Waals surface area contributed by atoms with Gasteiger partial charge in [-0.2, -0.15) is 4.98 Å². The third-order valence-corrected chi connectivity index (χ3v) is 3.36. The minimum Gasteiger partial charge on any atom is -0.472 e. The molecule has 6 heteroatoms. The Morgan fingerprint density at radius 3 is 2.21 bits per heavy atom. The molecule has 0 spiro atoms. The molecule has 0 fully saturated rings. The van der Waals surface area contributed by atoms with Gasteiger partial charge in [0.25, 0.3) is 5.89 Å². The molecule has 118 valence electrons. The summed E-state index contributed by atoms with van der Waals surface area (Å²) >= 11 is 0. The van der Waals surface area contributed by atoms with Crippen LogP contribution in [0.5, 0.6) is 11.5 Å². The van der Waals surface area contributed by atoms with Gasteiger partial charge in [0.1, 0.15) is 23.6 Å². The summed E-state index contributed by atoms with van der Waals surface area (Å²) in [4.78, 5) is 4.33. The van der Waals surface area contributed by atoms with E-state index in [4.69, 9.17) is 13.7 Å². The molecule has 0 saturated heterocycles. The van der Waals surface area contributed by atoms with Crippen LogP contribution in [0.1, 0.15) is 0 Å². The Morgan fingerprint density at radius 1 is 0.833 bits per heavy atom. The average Bonchev–Trinajstić information content (AvgIpc) is 3.29. The van der Waals surface area contributed by atoms with E-state index in [0.717, 1.165) is 11.1 Å². The van der Waals surface area contributed by atoms with Gasteiger partial charge in [0.05, 0.1) is 11.8 Å². The topological polar surface area (TPSA) is 61.3 Å². The molecule has 0 aliphatic rings. The molecule has 2 aromatic carbocycles. The number of aromatic nitrogens is 2. The minimum absolute atomic E-state index is 0.303. The Hall–Kier alpha value is -3.41. The van der Waals surface area contributed by atoms with Crippen LogP contribution in [0.25, 0.3) is 22.8 Å². The highest BCUT2D eigenvalue weighted by atomic mass is 19.1. The lowest BCUT2D eigenvalue weighted by Gasteiger charge is -2.05. The van der Waals surface area contributed by atoms with Crippen molar-refractivity contribution in [1.29, 1.82) is 0 Å². The van der Waals surface area contributed by atoms with E-state index in [2.05, 4.69) is 10.1 Å². The van der Waals surface area contributed by atoms with Crippen LogP contribution < -0.4 is 4.74 Å². The van der Waals surface area contributed by atoms with Crippen LogP contribution in [0.15, 0.2) is 76.1 Å². The zero-order valence-corrected chi connectivity index (χ0v) is 12.3. The summed E-state index contributed by atoms with van der Waals surface area (Å²) in [6.07, 6.45) is 3.08. The molecule has 24 heavy (non-hydrogen) atoms. The van der Waals surface area contributed by atoms with Crippen molar-refractivity contribution in [1.82, 2.24) is 10.1 Å². The Kier molecular flexibility index (Phi) is 3.55. The number of furan rings is 1. The lowest BCUT2D eigenvalue weighted by atomic mass is 10.2. The van der Waals surface area contributed by atoms with Gasteiger partial charge in [0, 0.05) is 5.56 Å². The van der Waals surface area contributed by atoms with E-state index in [9.17, 15) is 4.39 Å². The number of nitrogens with zero attached hydrogens (tertiary/aromatic N) is 2. The van der Waals surface area contributed by atoms with Crippen LogP contribution in [0.3, 0.4) is 0 Å². The van der Waals surface area contributed by atoms with Crippen LogP contribution >= 0.6 is 0 Å². The maximum Gasteiger partial charge on any atom is 0.261 e. The van der Waals surface area contributed by atoms with Crippen molar-refractivity contribution in [2.45, 2.75) is 0 Å². The van der Waals surface area contributed by atoms with Crippen LogP contribution in [0.2, 0.25) is 0 Å². The van der Waals surface area contributed by atoms with Gasteiger partial charge in [-0.1, -0.05) is 5.16 Å². The summed E-state index contributed by atoms with van der Waals surface area (Å²) < 4.78 is 28.7. The van der Waals surface area contributed by atoms with Crippen molar-refractivity contribution in [3.8, 4) is 34.3 Å². The van der Waals surface area contributed by atoms with E-state index in [1.54, 1.807) is 36.6 Å². The maximum atomic E-state index is 12.9. The van der Waals surface area contributed by atoms with Crippen LogP contribution in [-0.4, -0.2) is 10.1 Å². The summed E-state index contributed by atoms with van der Waals surface area (Å²) in [6.45, 7) is 0. The van der Waals surface area contributed by atoms with Gasteiger partial charge in [-0.05, 0) is 54.6 Å². The third-order valence-electron chi connectivity index (χ3n) is 3.36. The van der Waals surface area contributed by atoms with E-state index in [1.165, 1.54) is 18.4 Å². The van der Waals surface area contributed by atoms with E-state index >= 15 is 0 Å². The molecule has 0 radical (unpaired) electrons. The first-order valence-electron chi connectivity index (χ1n) is 7.18. The fraction of sp³-hybridized carbons (Fsp3) is 0. The van der Waals surface area contributed by atoms with E-state index < -0.39 is 0 Å². The Morgan fingerprint density at radius 2 is 1.54 bits per heavy atom. The van der Waals surface area contributed by atoms with E-state index in [1.807, 2.05) is 12.1 Å². The first-order chi connectivity index (χ1) is 11.8. The summed E-state index contributed by atoms with van der Waals surface area (Å²) in [5, 5.41) is 3.96. The zero-order chi connectivity index (χ0) is 16.4. The normalized spacial score (nSPS) is 10.7. The standard InChI is InChI=1S/C18H11FN2O3/c19-14-3-7-16(8-4-14)23-15-5-1-12(2-6-15)17-20-18(24-21-17)13-9-10-22-11-13/h1-11H. The Balaban J connectivity index is 1.52. The van der Waals surface area contributed by atoms with Crippen LogP contribution in [-0.2, 0) is 0 Å². The van der Waals surface area contributed by atoms with Crippen LogP contribution in [0.4, 0.5) is 4.39 Å². The SMILES string of the molecule is Fc1ccc(Oc2ccc(-c3noc(-c4ccoc4)n3)cc2)cc1. The van der Waals surface area contributed by atoms with Gasteiger partial charge in [-0.25, -0.2) is 4.39 Å². The third kappa shape index (κ3) is 2.89. The summed E-state index contributed by atoms with van der Waals surface area (Å²) in [6, 6.07) is 14.8. The predicted octanol–water partition coefficient (Wildman–Crippen LogP) is 4.93. The highest BCUT2D eigenvalue weighted by Gasteiger charge is 2.11. The smallest absolute Gasteiger partial charge is 0.261 e. The average molecular weight is 322 g/mol. The Bertz CT molecular complexity index is 929. The quantitative estimate of drug-likeness (QED) is 0.533. The fourth-order valence-corrected chi connectivity index (χ4v) is 2.15. The van der Waals surface area contributed by atoms with Gasteiger partial charge in [0.15, 0.2) is 0 Å². The molecule has 0 bridgehead atoms. The summed E-state index contributed by atoms with van der Waals surface area (Å²) in [5.74, 6) is 1.75. The van der Waals surface area contributed by atoms with Gasteiger partial charge in [-0.15, -0.1) is 0 Å². The lowest BCUT2D eigenvalue weighted by Crippen LogP contribution is -1.86. The molecule has 0 saturated carbocycles. The first-order valence-corrected chi connectivity index (χ1v) is 7.18. The number of hydrogen-bond donors (Lipinski definition) is 0. The second-order valence-corrected chi connectivity index (χ2v) is 5.02. The molecule has 4 rings (SSSR count). The van der Waals surface area contributed by atoms with Gasteiger partial charge in [0.2, 0.25) is 5.82 Å². The van der Waals surface area contributed by atoms with Crippen molar-refractivity contribution >= 4 is 0 Å². The monoisotopic (exact) mass is 322 g/mol. The number of ether oxygens (including phenoxy) is 1. The second kappa shape index (κ2) is 6.00. The molecular formula is C18H11FN2O3. The summed E-state index contributed by atoms with van der Waals surface area (Å²) in [5.41, 5.74) is 1.52. The number of halogens is 1. The molecule has 0 N–H and O–H groups in total. The van der Waals surface area contributed by atoms with Crippen molar-refractivity contribution in [2.75, 3.05) is 0 Å². The largest absolute Gasteiger partial charge is 0.472 e. The molecule has 0 aliphatic heterocycles. The van der Waals surface area contributed by atoms with Crippen molar-refractivity contribution < 1.29 is 18.1 Å². The fourth-order valence-electron chi connectivity index (χ4n) is 2.15. The maximum absolute atomic E-state index is 12.9. The lowest BCUT2D eigenvalue weighted by molar-refractivity contribution is 0.431. The van der Waals surface area contributed by atoms with Crippen molar-refractivity contribution in [3.05, 3.63) is 72.9 Å². The zero-order valence-electron chi connectivity index (χ0n) is 12.3. The molecule has 0 unspecified atom stereocenters. The highest BCUT2D eigenvalue weighted by molar-refractivity contribution is 5.59. The number of benzene rings is 2.